The summed E-state index contributed by atoms with van der Waals surface area (Å²) in [6, 6.07) is 9.41. The van der Waals surface area contributed by atoms with Crippen molar-refractivity contribution in [1.82, 2.24) is 4.90 Å². The SMILES string of the molecule is O=C(O)CCCN(Cc1ccccc1)C(=O)C1CCC(F)(F)CC1. The first-order valence-corrected chi connectivity index (χ1v) is 8.30. The maximum atomic E-state index is 13.3. The fourth-order valence-corrected chi connectivity index (χ4v) is 3.04. The van der Waals surface area contributed by atoms with E-state index in [4.69, 9.17) is 5.11 Å². The van der Waals surface area contributed by atoms with Gasteiger partial charge >= 0.3 is 5.97 Å². The fraction of sp³-hybridized carbons (Fsp3) is 0.556. The van der Waals surface area contributed by atoms with Gasteiger partial charge in [0.1, 0.15) is 0 Å². The molecule has 6 heteroatoms. The molecule has 0 bridgehead atoms. The molecular weight excluding hydrogens is 316 g/mol. The van der Waals surface area contributed by atoms with E-state index in [2.05, 4.69) is 0 Å². The molecule has 0 atom stereocenters. The largest absolute Gasteiger partial charge is 0.481 e. The molecule has 2 rings (SSSR count). The van der Waals surface area contributed by atoms with Gasteiger partial charge in [-0.3, -0.25) is 9.59 Å². The number of hydrogen-bond donors (Lipinski definition) is 1. The molecule has 1 saturated carbocycles. The summed E-state index contributed by atoms with van der Waals surface area (Å²) in [6.45, 7) is 0.707. The first-order valence-electron chi connectivity index (χ1n) is 8.30. The van der Waals surface area contributed by atoms with Crippen molar-refractivity contribution in [3.05, 3.63) is 35.9 Å². The Morgan fingerprint density at radius 1 is 1.17 bits per heavy atom. The molecule has 1 aliphatic rings. The van der Waals surface area contributed by atoms with Gasteiger partial charge in [0.2, 0.25) is 11.8 Å². The highest BCUT2D eigenvalue weighted by molar-refractivity contribution is 5.79. The molecule has 1 fully saturated rings. The Morgan fingerprint density at radius 3 is 2.38 bits per heavy atom. The van der Waals surface area contributed by atoms with Crippen LogP contribution in [0.2, 0.25) is 0 Å². The molecule has 132 valence electrons. The number of carbonyl (C=O) groups is 2. The lowest BCUT2D eigenvalue weighted by atomic mass is 9.85. The highest BCUT2D eigenvalue weighted by Gasteiger charge is 2.38. The van der Waals surface area contributed by atoms with E-state index in [1.165, 1.54) is 0 Å². The monoisotopic (exact) mass is 339 g/mol. The second kappa shape index (κ2) is 8.22. The number of carboxylic acids is 1. The van der Waals surface area contributed by atoms with Gasteiger partial charge in [-0.05, 0) is 24.8 Å². The van der Waals surface area contributed by atoms with Crippen LogP contribution in [-0.4, -0.2) is 34.4 Å². The van der Waals surface area contributed by atoms with E-state index in [0.29, 0.717) is 19.5 Å². The van der Waals surface area contributed by atoms with Crippen LogP contribution >= 0.6 is 0 Å². The third-order valence-corrected chi connectivity index (χ3v) is 4.41. The Morgan fingerprint density at radius 2 is 1.79 bits per heavy atom. The summed E-state index contributed by atoms with van der Waals surface area (Å²) in [5, 5.41) is 8.77. The molecular formula is C18H23F2NO3. The summed E-state index contributed by atoms with van der Waals surface area (Å²) >= 11 is 0. The Bertz CT molecular complexity index is 553. The van der Waals surface area contributed by atoms with Crippen LogP contribution in [-0.2, 0) is 16.1 Å². The third-order valence-electron chi connectivity index (χ3n) is 4.41. The predicted molar refractivity (Wildman–Crippen MR) is 85.6 cm³/mol. The molecule has 0 unspecified atom stereocenters. The molecule has 1 N–H and O–H groups in total. The molecule has 1 aromatic rings. The van der Waals surface area contributed by atoms with E-state index in [-0.39, 0.29) is 38.0 Å². The van der Waals surface area contributed by atoms with Crippen molar-refractivity contribution in [3.63, 3.8) is 0 Å². The lowest BCUT2D eigenvalue weighted by Crippen LogP contribution is -2.39. The van der Waals surface area contributed by atoms with Crippen molar-refractivity contribution < 1.29 is 23.5 Å². The van der Waals surface area contributed by atoms with Crippen LogP contribution in [0.25, 0.3) is 0 Å². The van der Waals surface area contributed by atoms with Gasteiger partial charge in [-0.15, -0.1) is 0 Å². The number of alkyl halides is 2. The maximum Gasteiger partial charge on any atom is 0.303 e. The normalized spacial score (nSPS) is 17.4. The van der Waals surface area contributed by atoms with E-state index in [1.807, 2.05) is 30.3 Å². The standard InChI is InChI=1S/C18H23F2NO3/c19-18(20)10-8-15(9-11-18)17(24)21(12-4-7-16(22)23)13-14-5-2-1-3-6-14/h1-3,5-6,15H,4,7-13H2,(H,22,23). The van der Waals surface area contributed by atoms with Gasteiger partial charge in [0.15, 0.2) is 0 Å². The summed E-state index contributed by atoms with van der Waals surface area (Å²) < 4.78 is 26.6. The van der Waals surface area contributed by atoms with E-state index in [0.717, 1.165) is 5.56 Å². The summed E-state index contributed by atoms with van der Waals surface area (Å²) in [7, 11) is 0. The first-order chi connectivity index (χ1) is 11.4. The first kappa shape index (κ1) is 18.4. The molecule has 0 aliphatic heterocycles. The van der Waals surface area contributed by atoms with Crippen LogP contribution in [0.4, 0.5) is 8.78 Å². The zero-order chi connectivity index (χ0) is 17.6. The summed E-state index contributed by atoms with van der Waals surface area (Å²) in [5.74, 6) is -4.10. The number of aliphatic carboxylic acids is 1. The average molecular weight is 339 g/mol. The van der Waals surface area contributed by atoms with Crippen molar-refractivity contribution in [1.29, 1.82) is 0 Å². The van der Waals surface area contributed by atoms with Crippen molar-refractivity contribution in [3.8, 4) is 0 Å². The van der Waals surface area contributed by atoms with Gasteiger partial charge in [0, 0.05) is 38.3 Å². The zero-order valence-electron chi connectivity index (χ0n) is 13.6. The highest BCUT2D eigenvalue weighted by Crippen LogP contribution is 2.37. The van der Waals surface area contributed by atoms with Crippen molar-refractivity contribution in [2.75, 3.05) is 6.54 Å². The minimum atomic E-state index is -2.66. The molecule has 1 aliphatic carbocycles. The minimum absolute atomic E-state index is 0.0126. The third kappa shape index (κ3) is 5.58. The molecule has 0 spiro atoms. The minimum Gasteiger partial charge on any atom is -0.481 e. The summed E-state index contributed by atoms with van der Waals surface area (Å²) in [5.41, 5.74) is 0.947. The number of halogens is 2. The van der Waals surface area contributed by atoms with Crippen LogP contribution in [0.1, 0.15) is 44.1 Å². The smallest absolute Gasteiger partial charge is 0.303 e. The van der Waals surface area contributed by atoms with Crippen molar-refractivity contribution in [2.45, 2.75) is 51.0 Å². The fourth-order valence-electron chi connectivity index (χ4n) is 3.04. The Kier molecular flexibility index (Phi) is 6.29. The number of benzene rings is 1. The van der Waals surface area contributed by atoms with Crippen LogP contribution in [0.15, 0.2) is 30.3 Å². The number of nitrogens with zero attached hydrogens (tertiary/aromatic N) is 1. The van der Waals surface area contributed by atoms with Gasteiger partial charge < -0.3 is 10.0 Å². The molecule has 24 heavy (non-hydrogen) atoms. The molecule has 1 aromatic carbocycles. The van der Waals surface area contributed by atoms with Crippen molar-refractivity contribution >= 4 is 11.9 Å². The van der Waals surface area contributed by atoms with E-state index in [9.17, 15) is 18.4 Å². The number of hydrogen-bond acceptors (Lipinski definition) is 2. The Balaban J connectivity index is 2.00. The maximum absolute atomic E-state index is 13.3. The highest BCUT2D eigenvalue weighted by atomic mass is 19.3. The van der Waals surface area contributed by atoms with E-state index < -0.39 is 17.8 Å². The van der Waals surface area contributed by atoms with Crippen LogP contribution < -0.4 is 0 Å². The van der Waals surface area contributed by atoms with E-state index >= 15 is 0 Å². The zero-order valence-corrected chi connectivity index (χ0v) is 13.6. The van der Waals surface area contributed by atoms with Gasteiger partial charge in [-0.1, -0.05) is 30.3 Å². The summed E-state index contributed by atoms with van der Waals surface area (Å²) in [6.07, 6.45) is 0.222. The molecule has 0 saturated heterocycles. The topological polar surface area (TPSA) is 57.6 Å². The summed E-state index contributed by atoms with van der Waals surface area (Å²) in [4.78, 5) is 25.0. The van der Waals surface area contributed by atoms with Gasteiger partial charge in [-0.2, -0.15) is 0 Å². The Labute approximate surface area is 140 Å². The number of carbonyl (C=O) groups excluding carboxylic acids is 1. The van der Waals surface area contributed by atoms with Crippen LogP contribution in [0.5, 0.6) is 0 Å². The molecule has 1 amide bonds. The van der Waals surface area contributed by atoms with Crippen LogP contribution in [0.3, 0.4) is 0 Å². The lowest BCUT2D eigenvalue weighted by Gasteiger charge is -2.32. The second-order valence-corrected chi connectivity index (χ2v) is 6.37. The number of amides is 1. The lowest BCUT2D eigenvalue weighted by molar-refractivity contribution is -0.142. The molecule has 0 aromatic heterocycles. The van der Waals surface area contributed by atoms with E-state index in [1.54, 1.807) is 4.90 Å². The van der Waals surface area contributed by atoms with Crippen LogP contribution in [0, 0.1) is 5.92 Å². The van der Waals surface area contributed by atoms with Gasteiger partial charge in [-0.25, -0.2) is 8.78 Å². The molecule has 0 radical (unpaired) electrons. The number of carboxylic acid groups (broad SMARTS) is 1. The predicted octanol–water partition coefficient (Wildman–Crippen LogP) is 3.71. The van der Waals surface area contributed by atoms with Crippen molar-refractivity contribution in [2.24, 2.45) is 5.92 Å². The molecule has 4 nitrogen and oxygen atoms in total. The quantitative estimate of drug-likeness (QED) is 0.824. The Hall–Kier alpha value is -1.98. The number of rotatable bonds is 7. The van der Waals surface area contributed by atoms with Gasteiger partial charge in [0.05, 0.1) is 0 Å². The second-order valence-electron chi connectivity index (χ2n) is 6.37. The van der Waals surface area contributed by atoms with Gasteiger partial charge in [0.25, 0.3) is 0 Å². The average Bonchev–Trinajstić information content (AvgIpc) is 2.54. The molecule has 0 heterocycles.